The number of piperazine rings is 1. The van der Waals surface area contributed by atoms with Crippen molar-refractivity contribution in [3.8, 4) is 0 Å². The molecule has 1 N–H and O–H groups in total. The van der Waals surface area contributed by atoms with E-state index in [0.29, 0.717) is 42.2 Å². The van der Waals surface area contributed by atoms with E-state index in [9.17, 15) is 13.5 Å². The van der Waals surface area contributed by atoms with Gasteiger partial charge >= 0.3 is 0 Å². The van der Waals surface area contributed by atoms with Gasteiger partial charge in [0, 0.05) is 32.7 Å². The topological polar surface area (TPSA) is 60.9 Å². The van der Waals surface area contributed by atoms with Crippen LogP contribution in [0.5, 0.6) is 0 Å². The SMILES string of the molecule is Cc1c(CO)cccc1S(=O)(=O)N1CCN(Cc2ccccc2)CC1. The average Bonchev–Trinajstić information content (AvgIpc) is 2.63. The molecule has 0 saturated carbocycles. The molecule has 25 heavy (non-hydrogen) atoms. The predicted molar refractivity (Wildman–Crippen MR) is 97.6 cm³/mol. The molecule has 2 aromatic carbocycles. The highest BCUT2D eigenvalue weighted by Crippen LogP contribution is 2.24. The third-order valence-electron chi connectivity index (χ3n) is 4.76. The van der Waals surface area contributed by atoms with Crippen LogP contribution < -0.4 is 0 Å². The van der Waals surface area contributed by atoms with E-state index in [4.69, 9.17) is 0 Å². The van der Waals surface area contributed by atoms with Gasteiger partial charge in [0.1, 0.15) is 0 Å². The monoisotopic (exact) mass is 360 g/mol. The van der Waals surface area contributed by atoms with Crippen LogP contribution in [-0.4, -0.2) is 48.9 Å². The van der Waals surface area contributed by atoms with E-state index in [0.717, 1.165) is 6.54 Å². The minimum atomic E-state index is -3.53. The first kappa shape index (κ1) is 18.1. The maximum atomic E-state index is 13.0. The lowest BCUT2D eigenvalue weighted by Gasteiger charge is -2.34. The normalized spacial score (nSPS) is 16.9. The number of rotatable bonds is 5. The molecule has 0 spiro atoms. The minimum absolute atomic E-state index is 0.153. The van der Waals surface area contributed by atoms with Gasteiger partial charge < -0.3 is 5.11 Å². The molecule has 0 amide bonds. The van der Waals surface area contributed by atoms with E-state index in [2.05, 4.69) is 17.0 Å². The van der Waals surface area contributed by atoms with Crippen molar-refractivity contribution in [1.29, 1.82) is 0 Å². The molecule has 5 nitrogen and oxygen atoms in total. The van der Waals surface area contributed by atoms with Crippen LogP contribution in [0.4, 0.5) is 0 Å². The maximum absolute atomic E-state index is 13.0. The van der Waals surface area contributed by atoms with Crippen molar-refractivity contribution in [2.24, 2.45) is 0 Å². The van der Waals surface area contributed by atoms with Crippen molar-refractivity contribution in [1.82, 2.24) is 9.21 Å². The number of aliphatic hydroxyl groups excluding tert-OH is 1. The molecule has 0 atom stereocenters. The highest BCUT2D eigenvalue weighted by Gasteiger charge is 2.29. The fourth-order valence-corrected chi connectivity index (χ4v) is 4.91. The number of nitrogens with zero attached hydrogens (tertiary/aromatic N) is 2. The van der Waals surface area contributed by atoms with Crippen LogP contribution in [0.2, 0.25) is 0 Å². The van der Waals surface area contributed by atoms with Crippen LogP contribution in [0.15, 0.2) is 53.4 Å². The summed E-state index contributed by atoms with van der Waals surface area (Å²) in [5.41, 5.74) is 2.53. The Labute approximate surface area is 149 Å². The van der Waals surface area contributed by atoms with Gasteiger partial charge in [-0.1, -0.05) is 42.5 Å². The van der Waals surface area contributed by atoms with Crippen molar-refractivity contribution < 1.29 is 13.5 Å². The molecule has 1 heterocycles. The van der Waals surface area contributed by atoms with Crippen molar-refractivity contribution in [2.45, 2.75) is 25.0 Å². The van der Waals surface area contributed by atoms with E-state index in [1.807, 2.05) is 18.2 Å². The lowest BCUT2D eigenvalue weighted by atomic mass is 10.1. The average molecular weight is 360 g/mol. The molecular formula is C19H24N2O3S. The molecule has 1 saturated heterocycles. The molecule has 3 rings (SSSR count). The lowest BCUT2D eigenvalue weighted by molar-refractivity contribution is 0.181. The van der Waals surface area contributed by atoms with E-state index in [1.165, 1.54) is 5.56 Å². The Hall–Kier alpha value is -1.73. The van der Waals surface area contributed by atoms with Crippen molar-refractivity contribution in [2.75, 3.05) is 26.2 Å². The Kier molecular flexibility index (Phi) is 5.54. The number of sulfonamides is 1. The quantitative estimate of drug-likeness (QED) is 0.886. The standard InChI is InChI=1S/C19H24N2O3S/c1-16-18(15-22)8-5-9-19(16)25(23,24)21-12-10-20(11-13-21)14-17-6-3-2-4-7-17/h2-9,22H,10-15H2,1H3. The van der Waals surface area contributed by atoms with Crippen LogP contribution in [0.3, 0.4) is 0 Å². The van der Waals surface area contributed by atoms with Gasteiger partial charge in [0.2, 0.25) is 10.0 Å². The Morgan fingerprint density at radius 1 is 0.960 bits per heavy atom. The Balaban J connectivity index is 1.70. The van der Waals surface area contributed by atoms with Gasteiger partial charge in [-0.05, 0) is 29.7 Å². The Morgan fingerprint density at radius 2 is 1.64 bits per heavy atom. The summed E-state index contributed by atoms with van der Waals surface area (Å²) in [6, 6.07) is 15.3. The summed E-state index contributed by atoms with van der Waals surface area (Å²) in [5.74, 6) is 0. The third kappa shape index (κ3) is 3.93. The molecule has 134 valence electrons. The van der Waals surface area contributed by atoms with Gasteiger partial charge in [0.05, 0.1) is 11.5 Å². The van der Waals surface area contributed by atoms with E-state index in [1.54, 1.807) is 29.4 Å². The highest BCUT2D eigenvalue weighted by molar-refractivity contribution is 7.89. The summed E-state index contributed by atoms with van der Waals surface area (Å²) in [7, 11) is -3.53. The summed E-state index contributed by atoms with van der Waals surface area (Å²) in [4.78, 5) is 2.58. The minimum Gasteiger partial charge on any atom is -0.392 e. The van der Waals surface area contributed by atoms with Gasteiger partial charge in [0.25, 0.3) is 0 Å². The van der Waals surface area contributed by atoms with E-state index < -0.39 is 10.0 Å². The zero-order valence-electron chi connectivity index (χ0n) is 14.4. The number of aliphatic hydroxyl groups is 1. The van der Waals surface area contributed by atoms with Crippen molar-refractivity contribution in [3.63, 3.8) is 0 Å². The summed E-state index contributed by atoms with van der Waals surface area (Å²) in [6.07, 6.45) is 0. The fraction of sp³-hybridized carbons (Fsp3) is 0.368. The Bertz CT molecular complexity index is 814. The van der Waals surface area contributed by atoms with Gasteiger partial charge in [-0.15, -0.1) is 0 Å². The molecule has 1 fully saturated rings. The number of hydrogen-bond acceptors (Lipinski definition) is 4. The second-order valence-electron chi connectivity index (χ2n) is 6.36. The first-order valence-corrected chi connectivity index (χ1v) is 9.92. The van der Waals surface area contributed by atoms with E-state index >= 15 is 0 Å². The second-order valence-corrected chi connectivity index (χ2v) is 8.27. The van der Waals surface area contributed by atoms with Crippen LogP contribution >= 0.6 is 0 Å². The second kappa shape index (κ2) is 7.66. The third-order valence-corrected chi connectivity index (χ3v) is 6.81. The molecular weight excluding hydrogens is 336 g/mol. The van der Waals surface area contributed by atoms with E-state index in [-0.39, 0.29) is 6.61 Å². The van der Waals surface area contributed by atoms with Gasteiger partial charge in [-0.3, -0.25) is 4.90 Å². The summed E-state index contributed by atoms with van der Waals surface area (Å²) >= 11 is 0. The van der Waals surface area contributed by atoms with Crippen LogP contribution in [0.1, 0.15) is 16.7 Å². The smallest absolute Gasteiger partial charge is 0.243 e. The zero-order chi connectivity index (χ0) is 17.9. The molecule has 0 bridgehead atoms. The van der Waals surface area contributed by atoms with Crippen LogP contribution in [0.25, 0.3) is 0 Å². The molecule has 0 aliphatic carbocycles. The summed E-state index contributed by atoms with van der Waals surface area (Å²) in [5, 5.41) is 9.38. The predicted octanol–water partition coefficient (Wildman–Crippen LogP) is 1.99. The van der Waals surface area contributed by atoms with Gasteiger partial charge in [0.15, 0.2) is 0 Å². The molecule has 1 aliphatic rings. The number of benzene rings is 2. The summed E-state index contributed by atoms with van der Waals surface area (Å²) < 4.78 is 27.5. The van der Waals surface area contributed by atoms with Crippen LogP contribution in [-0.2, 0) is 23.2 Å². The first-order valence-electron chi connectivity index (χ1n) is 8.48. The first-order chi connectivity index (χ1) is 12.0. The van der Waals surface area contributed by atoms with Crippen molar-refractivity contribution >= 4 is 10.0 Å². The van der Waals surface area contributed by atoms with Crippen LogP contribution in [0, 0.1) is 6.92 Å². The van der Waals surface area contributed by atoms with Gasteiger partial charge in [-0.25, -0.2) is 8.42 Å². The van der Waals surface area contributed by atoms with Crippen molar-refractivity contribution in [3.05, 3.63) is 65.2 Å². The molecule has 0 radical (unpaired) electrons. The Morgan fingerprint density at radius 3 is 2.28 bits per heavy atom. The number of hydrogen-bond donors (Lipinski definition) is 1. The molecule has 2 aromatic rings. The van der Waals surface area contributed by atoms with Gasteiger partial charge in [-0.2, -0.15) is 4.31 Å². The fourth-order valence-electron chi connectivity index (χ4n) is 3.22. The summed E-state index contributed by atoms with van der Waals surface area (Å²) in [6.45, 7) is 4.84. The maximum Gasteiger partial charge on any atom is 0.243 e. The molecule has 0 unspecified atom stereocenters. The molecule has 6 heteroatoms. The largest absolute Gasteiger partial charge is 0.392 e. The zero-order valence-corrected chi connectivity index (χ0v) is 15.2. The highest BCUT2D eigenvalue weighted by atomic mass is 32.2. The lowest BCUT2D eigenvalue weighted by Crippen LogP contribution is -2.48. The molecule has 0 aromatic heterocycles. The molecule has 1 aliphatic heterocycles.